The van der Waals surface area contributed by atoms with Gasteiger partial charge in [-0.3, -0.25) is 9.59 Å². The van der Waals surface area contributed by atoms with E-state index in [1.807, 2.05) is 0 Å². The number of aliphatic carboxylic acids is 2. The predicted octanol–water partition coefficient (Wildman–Crippen LogP) is 1.13. The highest BCUT2D eigenvalue weighted by Gasteiger charge is 2.19. The van der Waals surface area contributed by atoms with Gasteiger partial charge in [0.2, 0.25) is 0 Å². The van der Waals surface area contributed by atoms with Crippen LogP contribution < -0.4 is 5.32 Å². The van der Waals surface area contributed by atoms with Crippen LogP contribution in [-0.2, 0) is 16.1 Å². The molecule has 0 spiro atoms. The van der Waals surface area contributed by atoms with Gasteiger partial charge >= 0.3 is 18.0 Å². The fourth-order valence-electron chi connectivity index (χ4n) is 1.42. The lowest BCUT2D eigenvalue weighted by atomic mass is 10.2. The Morgan fingerprint density at radius 3 is 2.00 bits per heavy atom. The highest BCUT2D eigenvalue weighted by atomic mass is 79.9. The molecule has 0 aliphatic rings. The van der Waals surface area contributed by atoms with Gasteiger partial charge in [0, 0.05) is 11.0 Å². The summed E-state index contributed by atoms with van der Waals surface area (Å²) < 4.78 is 0.894. The molecule has 0 aromatic heterocycles. The molecule has 7 nitrogen and oxygen atoms in total. The zero-order valence-corrected chi connectivity index (χ0v) is 12.0. The molecule has 0 bridgehead atoms. The van der Waals surface area contributed by atoms with Crippen molar-refractivity contribution in [2.45, 2.75) is 6.54 Å². The molecule has 2 amide bonds. The maximum absolute atomic E-state index is 11.7. The third kappa shape index (κ3) is 5.70. The molecule has 0 heterocycles. The summed E-state index contributed by atoms with van der Waals surface area (Å²) in [6.45, 7) is -1.15. The molecule has 0 atom stereocenters. The molecule has 108 valence electrons. The van der Waals surface area contributed by atoms with Crippen molar-refractivity contribution in [2.24, 2.45) is 0 Å². The maximum atomic E-state index is 11.7. The van der Waals surface area contributed by atoms with Crippen LogP contribution in [0.3, 0.4) is 0 Å². The minimum atomic E-state index is -1.27. The third-order valence-electron chi connectivity index (χ3n) is 2.30. The molecule has 0 saturated heterocycles. The van der Waals surface area contributed by atoms with E-state index in [-0.39, 0.29) is 6.54 Å². The van der Waals surface area contributed by atoms with Gasteiger partial charge in [-0.1, -0.05) is 28.1 Å². The van der Waals surface area contributed by atoms with Crippen LogP contribution in [-0.4, -0.2) is 46.2 Å². The van der Waals surface area contributed by atoms with Gasteiger partial charge in [0.05, 0.1) is 0 Å². The minimum Gasteiger partial charge on any atom is -0.480 e. The van der Waals surface area contributed by atoms with Crippen LogP contribution in [0.1, 0.15) is 5.56 Å². The van der Waals surface area contributed by atoms with E-state index in [4.69, 9.17) is 10.2 Å². The Bertz CT molecular complexity index is 487. The standard InChI is InChI=1S/C12H13BrN2O5/c13-9-3-1-8(2-4-9)5-14-12(20)15(6-10(16)17)7-11(18)19/h1-4H,5-7H2,(H,14,20)(H,16,17)(H,18,19). The van der Waals surface area contributed by atoms with Gasteiger partial charge in [0.15, 0.2) is 0 Å². The molecule has 1 rings (SSSR count). The van der Waals surface area contributed by atoms with Gasteiger partial charge in [-0.05, 0) is 17.7 Å². The average Bonchev–Trinajstić information content (AvgIpc) is 2.36. The fourth-order valence-corrected chi connectivity index (χ4v) is 1.68. The van der Waals surface area contributed by atoms with E-state index in [1.165, 1.54) is 0 Å². The number of rotatable bonds is 6. The molecule has 0 aliphatic heterocycles. The summed E-state index contributed by atoms with van der Waals surface area (Å²) in [5.74, 6) is -2.55. The first-order valence-corrected chi connectivity index (χ1v) is 6.38. The molecule has 1 aromatic carbocycles. The Morgan fingerprint density at radius 1 is 1.05 bits per heavy atom. The van der Waals surface area contributed by atoms with Gasteiger partial charge in [-0.25, -0.2) is 4.79 Å². The predicted molar refractivity (Wildman–Crippen MR) is 73.2 cm³/mol. The molecule has 0 unspecified atom stereocenters. The first kappa shape index (κ1) is 16.0. The second-order valence-electron chi connectivity index (χ2n) is 3.93. The summed E-state index contributed by atoms with van der Waals surface area (Å²) in [6.07, 6.45) is 0. The van der Waals surface area contributed by atoms with Crippen molar-refractivity contribution in [3.63, 3.8) is 0 Å². The molecule has 3 N–H and O–H groups in total. The smallest absolute Gasteiger partial charge is 0.323 e. The van der Waals surface area contributed by atoms with Gasteiger partial charge in [0.1, 0.15) is 13.1 Å². The summed E-state index contributed by atoms with van der Waals surface area (Å²) in [5.41, 5.74) is 0.812. The number of hydrogen-bond acceptors (Lipinski definition) is 3. The number of benzene rings is 1. The number of carbonyl (C=O) groups excluding carboxylic acids is 1. The molecule has 0 radical (unpaired) electrons. The molecule has 0 aliphatic carbocycles. The molecule has 8 heteroatoms. The van der Waals surface area contributed by atoms with Crippen LogP contribution in [0.2, 0.25) is 0 Å². The Labute approximate surface area is 123 Å². The topological polar surface area (TPSA) is 107 Å². The molecule has 20 heavy (non-hydrogen) atoms. The molecule has 0 saturated carbocycles. The van der Waals surface area contributed by atoms with Crippen molar-refractivity contribution in [3.8, 4) is 0 Å². The zero-order valence-electron chi connectivity index (χ0n) is 10.4. The number of carbonyl (C=O) groups is 3. The number of nitrogens with zero attached hydrogens (tertiary/aromatic N) is 1. The van der Waals surface area contributed by atoms with E-state index < -0.39 is 31.1 Å². The normalized spacial score (nSPS) is 9.85. The molecular formula is C12H13BrN2O5. The monoisotopic (exact) mass is 344 g/mol. The van der Waals surface area contributed by atoms with E-state index in [9.17, 15) is 14.4 Å². The molecular weight excluding hydrogens is 332 g/mol. The third-order valence-corrected chi connectivity index (χ3v) is 2.83. The van der Waals surface area contributed by atoms with Crippen LogP contribution >= 0.6 is 15.9 Å². The van der Waals surface area contributed by atoms with Crippen LogP contribution in [0.15, 0.2) is 28.7 Å². The van der Waals surface area contributed by atoms with Crippen LogP contribution in [0.4, 0.5) is 4.79 Å². The lowest BCUT2D eigenvalue weighted by molar-refractivity contribution is -0.140. The first-order chi connectivity index (χ1) is 9.38. The number of carboxylic acid groups (broad SMARTS) is 2. The summed E-state index contributed by atoms with van der Waals surface area (Å²) in [4.78, 5) is 33.6. The Morgan fingerprint density at radius 2 is 1.55 bits per heavy atom. The second-order valence-corrected chi connectivity index (χ2v) is 4.84. The molecule has 0 fully saturated rings. The Balaban J connectivity index is 2.58. The highest BCUT2D eigenvalue weighted by Crippen LogP contribution is 2.10. The van der Waals surface area contributed by atoms with Gasteiger partial charge in [-0.15, -0.1) is 0 Å². The van der Waals surface area contributed by atoms with E-state index >= 15 is 0 Å². The summed E-state index contributed by atoms with van der Waals surface area (Å²) in [7, 11) is 0. The zero-order chi connectivity index (χ0) is 15.1. The largest absolute Gasteiger partial charge is 0.480 e. The minimum absolute atomic E-state index is 0.182. The molecule has 1 aromatic rings. The van der Waals surface area contributed by atoms with Gasteiger partial charge in [-0.2, -0.15) is 0 Å². The second kappa shape index (κ2) is 7.49. The van der Waals surface area contributed by atoms with Crippen molar-refractivity contribution < 1.29 is 24.6 Å². The average molecular weight is 345 g/mol. The van der Waals surface area contributed by atoms with E-state index in [0.717, 1.165) is 10.0 Å². The van der Waals surface area contributed by atoms with E-state index in [1.54, 1.807) is 24.3 Å². The van der Waals surface area contributed by atoms with Crippen molar-refractivity contribution in [2.75, 3.05) is 13.1 Å². The number of hydrogen-bond donors (Lipinski definition) is 3. The van der Waals surface area contributed by atoms with Crippen molar-refractivity contribution in [1.82, 2.24) is 10.2 Å². The Kier molecular flexibility index (Phi) is 5.98. The van der Waals surface area contributed by atoms with Gasteiger partial charge < -0.3 is 20.4 Å². The number of nitrogens with one attached hydrogen (secondary N) is 1. The lowest BCUT2D eigenvalue weighted by Crippen LogP contribution is -2.45. The summed E-state index contributed by atoms with van der Waals surface area (Å²) >= 11 is 3.28. The first-order valence-electron chi connectivity index (χ1n) is 5.59. The highest BCUT2D eigenvalue weighted by molar-refractivity contribution is 9.10. The summed E-state index contributed by atoms with van der Waals surface area (Å²) in [6, 6.07) is 6.42. The maximum Gasteiger partial charge on any atom is 0.323 e. The SMILES string of the molecule is O=C(O)CN(CC(=O)O)C(=O)NCc1ccc(Br)cc1. The van der Waals surface area contributed by atoms with Crippen molar-refractivity contribution in [3.05, 3.63) is 34.3 Å². The number of carboxylic acids is 2. The lowest BCUT2D eigenvalue weighted by Gasteiger charge is -2.19. The fraction of sp³-hybridized carbons (Fsp3) is 0.250. The van der Waals surface area contributed by atoms with Gasteiger partial charge in [0.25, 0.3) is 0 Å². The van der Waals surface area contributed by atoms with Crippen molar-refractivity contribution in [1.29, 1.82) is 0 Å². The number of halogens is 1. The van der Waals surface area contributed by atoms with E-state index in [2.05, 4.69) is 21.2 Å². The van der Waals surface area contributed by atoms with E-state index in [0.29, 0.717) is 4.90 Å². The quantitative estimate of drug-likeness (QED) is 0.717. The number of urea groups is 1. The van der Waals surface area contributed by atoms with Crippen LogP contribution in [0, 0.1) is 0 Å². The van der Waals surface area contributed by atoms with Crippen LogP contribution in [0.5, 0.6) is 0 Å². The van der Waals surface area contributed by atoms with Crippen LogP contribution in [0.25, 0.3) is 0 Å². The number of amides is 2. The summed E-state index contributed by atoms with van der Waals surface area (Å²) in [5, 5.41) is 19.8. The Hall–Kier alpha value is -2.09. The van der Waals surface area contributed by atoms with Crippen molar-refractivity contribution >= 4 is 33.9 Å².